The average molecular weight is 359 g/mol. The fourth-order valence-corrected chi connectivity index (χ4v) is 1.73. The Labute approximate surface area is 128 Å². The van der Waals surface area contributed by atoms with Gasteiger partial charge >= 0.3 is 0 Å². The Bertz CT molecular complexity index is 682. The number of aromatic nitrogens is 2. The molecule has 10 heteroatoms. The highest BCUT2D eigenvalue weighted by molar-refractivity contribution is 9.10. The van der Waals surface area contributed by atoms with E-state index in [1.807, 2.05) is 0 Å². The maximum atomic E-state index is 13.6. The molecule has 21 heavy (non-hydrogen) atoms. The van der Waals surface area contributed by atoms with Crippen LogP contribution in [0.5, 0.6) is 0 Å². The highest BCUT2D eigenvalue weighted by atomic mass is 79.9. The molecule has 0 saturated carbocycles. The van der Waals surface area contributed by atoms with Crippen LogP contribution in [0.15, 0.2) is 27.3 Å². The average Bonchev–Trinajstić information content (AvgIpc) is 2.97. The molecule has 0 radical (unpaired) electrons. The Morgan fingerprint density at radius 2 is 2.43 bits per heavy atom. The van der Waals surface area contributed by atoms with Crippen molar-refractivity contribution in [3.8, 4) is 0 Å². The van der Waals surface area contributed by atoms with Crippen molar-refractivity contribution in [2.45, 2.75) is 0 Å². The van der Waals surface area contributed by atoms with Gasteiger partial charge in [0.2, 0.25) is 5.82 Å². The van der Waals surface area contributed by atoms with Crippen LogP contribution in [0.3, 0.4) is 0 Å². The van der Waals surface area contributed by atoms with Crippen LogP contribution in [0, 0.1) is 11.2 Å². The van der Waals surface area contributed by atoms with Crippen molar-refractivity contribution in [1.82, 2.24) is 10.3 Å². The summed E-state index contributed by atoms with van der Waals surface area (Å²) in [5.74, 6) is -0.712. The molecular formula is C11H12BrFN6O2. The van der Waals surface area contributed by atoms with Crippen LogP contribution in [0.4, 0.5) is 15.9 Å². The summed E-state index contributed by atoms with van der Waals surface area (Å²) in [5.41, 5.74) is 5.42. The topological polar surface area (TPSA) is 124 Å². The summed E-state index contributed by atoms with van der Waals surface area (Å²) in [6, 6.07) is 3.90. The molecule has 0 aliphatic carbocycles. The van der Waals surface area contributed by atoms with Crippen molar-refractivity contribution < 1.29 is 15.6 Å². The van der Waals surface area contributed by atoms with Gasteiger partial charge in [0, 0.05) is 19.2 Å². The first-order valence-corrected chi connectivity index (χ1v) is 6.60. The zero-order valence-electron chi connectivity index (χ0n) is 11.6. The van der Waals surface area contributed by atoms with Gasteiger partial charge in [-0.2, -0.15) is 0 Å². The van der Waals surface area contributed by atoms with Gasteiger partial charge in [0.25, 0.3) is 0 Å². The number of hydroxylamine groups is 1. The predicted molar refractivity (Wildman–Crippen MR) is 77.0 cm³/mol. The highest BCUT2D eigenvalue weighted by Gasteiger charge is 2.21. The minimum absolute atomic E-state index is 0.00530. The van der Waals surface area contributed by atoms with E-state index in [1.54, 1.807) is 0 Å². The second-order valence-electron chi connectivity index (χ2n) is 3.91. The molecule has 0 aliphatic heterocycles. The van der Waals surface area contributed by atoms with E-state index >= 15 is 0 Å². The minimum Gasteiger partial charge on any atom is -0.364 e. The van der Waals surface area contributed by atoms with Crippen molar-refractivity contribution in [1.29, 1.82) is 5.40 Å². The molecule has 1 aromatic carbocycles. The number of halogens is 2. The summed E-state index contributed by atoms with van der Waals surface area (Å²) in [6.45, 7) is 0.714. The first-order valence-electron chi connectivity index (χ1n) is 6.26. The van der Waals surface area contributed by atoms with E-state index in [4.69, 9.17) is 7.15 Å². The van der Waals surface area contributed by atoms with Crippen LogP contribution in [0.2, 0.25) is 1.41 Å². The number of anilines is 2. The zero-order valence-corrected chi connectivity index (χ0v) is 12.2. The molecule has 1 heterocycles. The largest absolute Gasteiger partial charge is 0.364 e. The molecular weight excluding hydrogens is 347 g/mol. The Morgan fingerprint density at radius 3 is 3.10 bits per heavy atom. The number of nitrogens with two attached hydrogens (primary N) is 1. The molecule has 0 spiro atoms. The van der Waals surface area contributed by atoms with E-state index in [2.05, 4.69) is 41.6 Å². The fourth-order valence-electron chi connectivity index (χ4n) is 1.48. The third-order valence-electron chi connectivity index (χ3n) is 2.49. The van der Waals surface area contributed by atoms with Crippen LogP contribution >= 0.6 is 15.9 Å². The summed E-state index contributed by atoms with van der Waals surface area (Å²) in [5, 5.41) is 23.9. The number of amidine groups is 1. The van der Waals surface area contributed by atoms with Crippen molar-refractivity contribution in [2.24, 2.45) is 5.73 Å². The van der Waals surface area contributed by atoms with E-state index < -0.39 is 5.82 Å². The smallest absolute Gasteiger partial charge is 0.202 e. The second-order valence-corrected chi connectivity index (χ2v) is 4.77. The van der Waals surface area contributed by atoms with Gasteiger partial charge in [0.05, 0.1) is 10.2 Å². The van der Waals surface area contributed by atoms with Gasteiger partial charge in [-0.15, -0.1) is 0 Å². The summed E-state index contributed by atoms with van der Waals surface area (Å²) in [4.78, 5) is 0. The molecule has 1 aromatic heterocycles. The Balaban J connectivity index is 2.31. The van der Waals surface area contributed by atoms with Gasteiger partial charge in [-0.25, -0.2) is 14.1 Å². The normalized spacial score (nSPS) is 12.2. The highest BCUT2D eigenvalue weighted by Crippen LogP contribution is 2.23. The van der Waals surface area contributed by atoms with Crippen molar-refractivity contribution in [3.05, 3.63) is 34.2 Å². The molecule has 0 fully saturated rings. The number of nitrogens with zero attached hydrogens (tertiary/aromatic N) is 3. The molecule has 2 rings (SSSR count). The van der Waals surface area contributed by atoms with E-state index in [0.717, 1.165) is 6.07 Å². The summed E-state index contributed by atoms with van der Waals surface area (Å²) >= 11 is 3.01. The Kier molecular flexibility index (Phi) is 4.38. The monoisotopic (exact) mass is 358 g/mol. The molecule has 5 N–H and O–H groups in total. The molecule has 0 atom stereocenters. The maximum absolute atomic E-state index is 13.6. The third kappa shape index (κ3) is 3.35. The maximum Gasteiger partial charge on any atom is 0.202 e. The van der Waals surface area contributed by atoms with E-state index in [1.165, 1.54) is 12.1 Å². The van der Waals surface area contributed by atoms with Crippen LogP contribution in [0.1, 0.15) is 5.69 Å². The van der Waals surface area contributed by atoms with Crippen LogP contribution in [-0.4, -0.2) is 34.4 Å². The van der Waals surface area contributed by atoms with Crippen LogP contribution in [-0.2, 0) is 0 Å². The Hall–Kier alpha value is -2.04. The first-order chi connectivity index (χ1) is 10.6. The van der Waals surface area contributed by atoms with E-state index in [9.17, 15) is 9.60 Å². The Morgan fingerprint density at radius 1 is 1.62 bits per heavy atom. The van der Waals surface area contributed by atoms with Gasteiger partial charge < -0.3 is 11.1 Å². The lowest BCUT2D eigenvalue weighted by molar-refractivity contribution is 0.300. The molecule has 112 valence electrons. The molecule has 2 aromatic rings. The standard InChI is InChI=1S/C11H12BrFN6O2/c12-7-2-1-6(5-8(7)13)19(20)10(15)9-11(16-4-3-14)18-21-17-9/h1-2,5,15,20H,3-4,14H2,(H,16,18)/b15-10-. The molecule has 0 amide bonds. The van der Waals surface area contributed by atoms with Crippen LogP contribution in [0.25, 0.3) is 0 Å². The summed E-state index contributed by atoms with van der Waals surface area (Å²) in [7, 11) is 0. The SMILES string of the molecule is [H]/N=C(/c1nonc1NCCN)N(O)c1ccc(Br)c(F)c1. The van der Waals surface area contributed by atoms with Gasteiger partial charge in [-0.05, 0) is 38.4 Å². The lowest BCUT2D eigenvalue weighted by Crippen LogP contribution is -2.28. The lowest BCUT2D eigenvalue weighted by atomic mass is 10.3. The fraction of sp³-hybridized carbons (Fsp3) is 0.182. The zero-order chi connectivity index (χ0) is 16.1. The number of nitrogens with one attached hydrogen (secondary N) is 2. The molecule has 0 bridgehead atoms. The molecule has 8 nitrogen and oxygen atoms in total. The van der Waals surface area contributed by atoms with Crippen molar-refractivity contribution in [3.63, 3.8) is 0 Å². The predicted octanol–water partition coefficient (Wildman–Crippen LogP) is 1.56. The first kappa shape index (κ1) is 13.9. The number of benzene rings is 1. The van der Waals surface area contributed by atoms with Crippen molar-refractivity contribution in [2.75, 3.05) is 23.5 Å². The number of hydrogen-bond donors (Lipinski definition) is 4. The number of hydrogen-bond acceptors (Lipinski definition) is 7. The third-order valence-corrected chi connectivity index (χ3v) is 3.13. The van der Waals surface area contributed by atoms with Gasteiger partial charge in [-0.3, -0.25) is 10.6 Å². The lowest BCUT2D eigenvalue weighted by Gasteiger charge is -2.16. The van der Waals surface area contributed by atoms with Gasteiger partial charge in [-0.1, -0.05) is 0 Å². The van der Waals surface area contributed by atoms with Crippen LogP contribution < -0.4 is 16.1 Å². The molecule has 0 unspecified atom stereocenters. The van der Waals surface area contributed by atoms with E-state index in [-0.39, 0.29) is 27.5 Å². The van der Waals surface area contributed by atoms with Gasteiger partial charge in [0.15, 0.2) is 12.9 Å². The minimum atomic E-state index is -0.583. The quantitative estimate of drug-likeness (QED) is 0.363. The second kappa shape index (κ2) is 6.61. The molecule has 0 aliphatic rings. The number of rotatable bonds is 5. The summed E-state index contributed by atoms with van der Waals surface area (Å²) in [6.07, 6.45) is 0. The van der Waals surface area contributed by atoms with E-state index in [0.29, 0.717) is 18.2 Å². The summed E-state index contributed by atoms with van der Waals surface area (Å²) < 4.78 is 25.6. The van der Waals surface area contributed by atoms with Crippen molar-refractivity contribution >= 4 is 33.3 Å². The molecule has 0 saturated heterocycles. The van der Waals surface area contributed by atoms with Gasteiger partial charge in [0.1, 0.15) is 5.82 Å².